The number of rotatable bonds is 5. The van der Waals surface area contributed by atoms with Gasteiger partial charge in [0.15, 0.2) is 0 Å². The van der Waals surface area contributed by atoms with Crippen molar-refractivity contribution in [3.05, 3.63) is 65.4 Å². The van der Waals surface area contributed by atoms with Crippen molar-refractivity contribution in [2.24, 2.45) is 0 Å². The number of nitrogens with zero attached hydrogens (tertiary/aromatic N) is 2. The number of hydrogen-bond donors (Lipinski definition) is 0. The summed E-state index contributed by atoms with van der Waals surface area (Å²) in [6.45, 7) is 5.12. The standard InChI is InChI=1S/C23H22F2N2O3/c1-14(2)30-17-8-5-15(6-9-17)20-21(26-11-3-4-12-26)23(29)27(22(20)28)19-10-7-16(24)13-18(19)25/h5-10,13-14H,3-4,11-12H2,1-2H3. The van der Waals surface area contributed by atoms with E-state index in [1.807, 2.05) is 18.7 Å². The molecule has 2 aliphatic rings. The largest absolute Gasteiger partial charge is 0.491 e. The molecule has 0 bridgehead atoms. The number of amides is 2. The number of carbonyl (C=O) groups excluding carboxylic acids is 2. The van der Waals surface area contributed by atoms with E-state index in [1.165, 1.54) is 0 Å². The van der Waals surface area contributed by atoms with Crippen LogP contribution in [0.25, 0.3) is 5.57 Å². The quantitative estimate of drug-likeness (QED) is 0.693. The fourth-order valence-corrected chi connectivity index (χ4v) is 3.87. The van der Waals surface area contributed by atoms with E-state index in [1.54, 1.807) is 24.3 Å². The third-order valence-electron chi connectivity index (χ3n) is 5.15. The fourth-order valence-electron chi connectivity index (χ4n) is 3.87. The molecule has 0 N–H and O–H groups in total. The van der Waals surface area contributed by atoms with Crippen LogP contribution in [0.2, 0.25) is 0 Å². The van der Waals surface area contributed by atoms with Crippen molar-refractivity contribution in [3.63, 3.8) is 0 Å². The molecule has 156 valence electrons. The molecule has 1 fully saturated rings. The topological polar surface area (TPSA) is 49.9 Å². The molecule has 0 spiro atoms. The number of hydrogen-bond acceptors (Lipinski definition) is 4. The minimum Gasteiger partial charge on any atom is -0.491 e. The Balaban J connectivity index is 1.78. The Kier molecular flexibility index (Phi) is 5.28. The summed E-state index contributed by atoms with van der Waals surface area (Å²) in [5.41, 5.74) is 0.787. The zero-order chi connectivity index (χ0) is 21.4. The molecule has 2 aliphatic heterocycles. The molecule has 5 nitrogen and oxygen atoms in total. The predicted molar refractivity (Wildman–Crippen MR) is 109 cm³/mol. The van der Waals surface area contributed by atoms with Gasteiger partial charge in [-0.25, -0.2) is 13.7 Å². The summed E-state index contributed by atoms with van der Waals surface area (Å²) in [6, 6.07) is 9.74. The summed E-state index contributed by atoms with van der Waals surface area (Å²) in [6.07, 6.45) is 1.82. The highest BCUT2D eigenvalue weighted by atomic mass is 19.1. The van der Waals surface area contributed by atoms with Crippen LogP contribution in [-0.4, -0.2) is 35.9 Å². The molecular weight excluding hydrogens is 390 g/mol. The first-order chi connectivity index (χ1) is 14.4. The van der Waals surface area contributed by atoms with Crippen molar-refractivity contribution < 1.29 is 23.1 Å². The van der Waals surface area contributed by atoms with Crippen LogP contribution in [0, 0.1) is 11.6 Å². The minimum atomic E-state index is -0.959. The van der Waals surface area contributed by atoms with Crippen molar-refractivity contribution in [2.75, 3.05) is 18.0 Å². The zero-order valence-corrected chi connectivity index (χ0v) is 16.8. The Bertz CT molecular complexity index is 1030. The molecule has 30 heavy (non-hydrogen) atoms. The summed E-state index contributed by atoms with van der Waals surface area (Å²) in [4.78, 5) is 29.2. The fraction of sp³-hybridized carbons (Fsp3) is 0.304. The first-order valence-corrected chi connectivity index (χ1v) is 9.97. The molecule has 2 amide bonds. The van der Waals surface area contributed by atoms with Crippen molar-refractivity contribution in [3.8, 4) is 5.75 Å². The van der Waals surface area contributed by atoms with Crippen molar-refractivity contribution >= 4 is 23.1 Å². The van der Waals surface area contributed by atoms with Crippen LogP contribution in [-0.2, 0) is 9.59 Å². The van der Waals surface area contributed by atoms with Gasteiger partial charge in [0.1, 0.15) is 23.1 Å². The highest BCUT2D eigenvalue weighted by molar-refractivity contribution is 6.45. The second-order valence-corrected chi connectivity index (χ2v) is 7.65. The van der Waals surface area contributed by atoms with E-state index >= 15 is 0 Å². The van der Waals surface area contributed by atoms with Gasteiger partial charge in [0.2, 0.25) is 0 Å². The highest BCUT2D eigenvalue weighted by Crippen LogP contribution is 2.37. The second kappa shape index (κ2) is 7.89. The lowest BCUT2D eigenvalue weighted by Gasteiger charge is -2.20. The SMILES string of the molecule is CC(C)Oc1ccc(C2=C(N3CCCC3)C(=O)N(c3ccc(F)cc3F)C2=O)cc1. The lowest BCUT2D eigenvalue weighted by molar-refractivity contribution is -0.120. The van der Waals surface area contributed by atoms with Gasteiger partial charge >= 0.3 is 0 Å². The molecule has 0 aromatic heterocycles. The Morgan fingerprint density at radius 2 is 1.60 bits per heavy atom. The Morgan fingerprint density at radius 3 is 2.20 bits per heavy atom. The molecule has 2 heterocycles. The maximum Gasteiger partial charge on any atom is 0.282 e. The minimum absolute atomic E-state index is 0.00172. The first-order valence-electron chi connectivity index (χ1n) is 9.97. The molecular formula is C23H22F2N2O3. The average molecular weight is 412 g/mol. The van der Waals surface area contributed by atoms with Gasteiger partial charge in [-0.3, -0.25) is 9.59 Å². The normalized spacial score (nSPS) is 17.0. The number of likely N-dealkylation sites (tertiary alicyclic amines) is 1. The predicted octanol–water partition coefficient (Wildman–Crippen LogP) is 4.13. The number of imide groups is 1. The molecule has 7 heteroatoms. The summed E-state index contributed by atoms with van der Waals surface area (Å²) in [5.74, 6) is -2.30. The molecule has 4 rings (SSSR count). The smallest absolute Gasteiger partial charge is 0.282 e. The molecule has 0 unspecified atom stereocenters. The van der Waals surface area contributed by atoms with Crippen LogP contribution < -0.4 is 9.64 Å². The van der Waals surface area contributed by atoms with Gasteiger partial charge in [-0.15, -0.1) is 0 Å². The van der Waals surface area contributed by atoms with Crippen molar-refractivity contribution in [1.82, 2.24) is 4.90 Å². The van der Waals surface area contributed by atoms with E-state index in [0.717, 1.165) is 29.9 Å². The summed E-state index contributed by atoms with van der Waals surface area (Å²) >= 11 is 0. The second-order valence-electron chi connectivity index (χ2n) is 7.65. The van der Waals surface area contributed by atoms with Gasteiger partial charge in [0.25, 0.3) is 11.8 Å². The number of halogens is 2. The molecule has 2 aromatic rings. The lowest BCUT2D eigenvalue weighted by atomic mass is 10.0. The molecule has 0 atom stereocenters. The third kappa shape index (κ3) is 3.56. The lowest BCUT2D eigenvalue weighted by Crippen LogP contribution is -2.35. The van der Waals surface area contributed by atoms with E-state index in [-0.39, 0.29) is 23.1 Å². The molecule has 2 aromatic carbocycles. The first kappa shape index (κ1) is 20.1. The molecule has 0 aliphatic carbocycles. The van der Waals surface area contributed by atoms with Gasteiger partial charge in [-0.2, -0.15) is 0 Å². The number of ether oxygens (including phenoxy) is 1. The molecule has 0 saturated carbocycles. The van der Waals surface area contributed by atoms with Gasteiger partial charge in [0, 0.05) is 19.2 Å². The molecule has 0 radical (unpaired) electrons. The average Bonchev–Trinajstić information content (AvgIpc) is 3.29. The van der Waals surface area contributed by atoms with Crippen LogP contribution in [0.1, 0.15) is 32.3 Å². The van der Waals surface area contributed by atoms with E-state index in [4.69, 9.17) is 4.74 Å². The number of anilines is 1. The van der Waals surface area contributed by atoms with Crippen molar-refractivity contribution in [2.45, 2.75) is 32.8 Å². The van der Waals surface area contributed by atoms with Crippen LogP contribution in [0.5, 0.6) is 5.75 Å². The number of benzene rings is 2. The Hall–Kier alpha value is -3.22. The van der Waals surface area contributed by atoms with E-state index in [2.05, 4.69) is 0 Å². The molecule has 1 saturated heterocycles. The van der Waals surface area contributed by atoms with Gasteiger partial charge in [-0.05, 0) is 56.5 Å². The number of carbonyl (C=O) groups is 2. The Labute approximate surface area is 173 Å². The Morgan fingerprint density at radius 1 is 0.933 bits per heavy atom. The maximum absolute atomic E-state index is 14.4. The monoisotopic (exact) mass is 412 g/mol. The zero-order valence-electron chi connectivity index (χ0n) is 16.8. The third-order valence-corrected chi connectivity index (χ3v) is 5.15. The van der Waals surface area contributed by atoms with Gasteiger partial charge in [-0.1, -0.05) is 12.1 Å². The van der Waals surface area contributed by atoms with Gasteiger partial charge < -0.3 is 9.64 Å². The summed E-state index contributed by atoms with van der Waals surface area (Å²) < 4.78 is 33.4. The summed E-state index contributed by atoms with van der Waals surface area (Å²) in [7, 11) is 0. The van der Waals surface area contributed by atoms with Crippen molar-refractivity contribution in [1.29, 1.82) is 0 Å². The van der Waals surface area contributed by atoms with Crippen LogP contribution in [0.15, 0.2) is 48.2 Å². The van der Waals surface area contributed by atoms with E-state index in [0.29, 0.717) is 30.5 Å². The van der Waals surface area contributed by atoms with E-state index in [9.17, 15) is 18.4 Å². The van der Waals surface area contributed by atoms with E-state index < -0.39 is 23.4 Å². The van der Waals surface area contributed by atoms with Crippen LogP contribution >= 0.6 is 0 Å². The van der Waals surface area contributed by atoms with Crippen LogP contribution in [0.4, 0.5) is 14.5 Å². The van der Waals surface area contributed by atoms with Gasteiger partial charge in [0.05, 0.1) is 17.4 Å². The highest BCUT2D eigenvalue weighted by Gasteiger charge is 2.43. The maximum atomic E-state index is 14.4. The summed E-state index contributed by atoms with van der Waals surface area (Å²) in [5, 5.41) is 0. The van der Waals surface area contributed by atoms with Crippen LogP contribution in [0.3, 0.4) is 0 Å².